The van der Waals surface area contributed by atoms with Gasteiger partial charge in [0.1, 0.15) is 5.78 Å². The van der Waals surface area contributed by atoms with Crippen molar-refractivity contribution in [3.05, 3.63) is 23.8 Å². The number of carbonyl (C=O) groups excluding carboxylic acids is 2. The van der Waals surface area contributed by atoms with E-state index in [-0.39, 0.29) is 34.2 Å². The number of aliphatic hydroxyl groups is 1. The van der Waals surface area contributed by atoms with E-state index in [1.54, 1.807) is 13.0 Å². The van der Waals surface area contributed by atoms with E-state index in [2.05, 4.69) is 26.0 Å². The Kier molecular flexibility index (Phi) is 3.48. The fourth-order valence-electron chi connectivity index (χ4n) is 6.80. The minimum Gasteiger partial charge on any atom is -0.393 e. The topological polar surface area (TPSA) is 54.4 Å². The zero-order valence-corrected chi connectivity index (χ0v) is 14.9. The molecule has 2 saturated carbocycles. The third kappa shape index (κ3) is 2.00. The number of hydrogen-bond donors (Lipinski definition) is 1. The largest absolute Gasteiger partial charge is 0.393 e. The van der Waals surface area contributed by atoms with Gasteiger partial charge in [0.15, 0.2) is 5.78 Å². The Hall–Kier alpha value is -1.22. The molecule has 1 unspecified atom stereocenters. The fourth-order valence-corrected chi connectivity index (χ4v) is 6.80. The van der Waals surface area contributed by atoms with E-state index < -0.39 is 6.10 Å². The molecule has 130 valence electrons. The third-order valence-corrected chi connectivity index (χ3v) is 7.94. The summed E-state index contributed by atoms with van der Waals surface area (Å²) in [7, 11) is 0. The molecule has 3 nitrogen and oxygen atoms in total. The van der Waals surface area contributed by atoms with Crippen molar-refractivity contribution < 1.29 is 14.7 Å². The van der Waals surface area contributed by atoms with Crippen molar-refractivity contribution >= 4 is 11.6 Å². The van der Waals surface area contributed by atoms with Crippen LogP contribution in [0.25, 0.3) is 0 Å². The normalized spacial score (nSPS) is 49.9. The van der Waals surface area contributed by atoms with Crippen molar-refractivity contribution in [2.75, 3.05) is 0 Å². The summed E-state index contributed by atoms with van der Waals surface area (Å²) < 4.78 is 0. The molecule has 0 radical (unpaired) electrons. The van der Waals surface area contributed by atoms with Gasteiger partial charge in [-0.1, -0.05) is 26.0 Å². The Morgan fingerprint density at radius 3 is 2.75 bits per heavy atom. The molecule has 0 aromatic carbocycles. The van der Waals surface area contributed by atoms with E-state index in [0.29, 0.717) is 24.7 Å². The van der Waals surface area contributed by atoms with Crippen LogP contribution in [0.3, 0.4) is 0 Å². The van der Waals surface area contributed by atoms with Gasteiger partial charge < -0.3 is 5.11 Å². The fraction of sp³-hybridized carbons (Fsp3) is 0.714. The molecule has 0 amide bonds. The van der Waals surface area contributed by atoms with E-state index in [4.69, 9.17) is 0 Å². The first kappa shape index (κ1) is 16.3. The Balaban J connectivity index is 1.78. The molecule has 0 bridgehead atoms. The molecule has 4 rings (SSSR count). The summed E-state index contributed by atoms with van der Waals surface area (Å²) in [6.07, 6.45) is 9.94. The molecule has 7 atom stereocenters. The number of allylic oxidation sites excluding steroid dienone is 4. The molecule has 0 aliphatic heterocycles. The molecule has 24 heavy (non-hydrogen) atoms. The average Bonchev–Trinajstić information content (AvgIpc) is 2.84. The first-order valence-corrected chi connectivity index (χ1v) is 9.39. The van der Waals surface area contributed by atoms with Crippen LogP contribution in [0.4, 0.5) is 0 Å². The van der Waals surface area contributed by atoms with Gasteiger partial charge in [0, 0.05) is 18.3 Å². The molecule has 4 aliphatic carbocycles. The Labute approximate surface area is 144 Å². The number of aliphatic hydroxyl groups excluding tert-OH is 1. The molecular formula is C21H28O3. The summed E-state index contributed by atoms with van der Waals surface area (Å²) in [6, 6.07) is 0. The maximum atomic E-state index is 12.2. The standard InChI is InChI=1S/C21H28O3/c1-12(22)16-6-7-17-15-5-4-13-10-14(23)8-9-20(13,2)19(15)18(24)11-21(16,17)3/h4-5,10,15-19,24H,6-9,11H2,1-3H3/t15-,16+,17-,18?,19+,20-,21+/m0/s1. The number of rotatable bonds is 1. The quantitative estimate of drug-likeness (QED) is 0.802. The van der Waals surface area contributed by atoms with E-state index in [0.717, 1.165) is 24.8 Å². The van der Waals surface area contributed by atoms with Crippen LogP contribution >= 0.6 is 0 Å². The molecular weight excluding hydrogens is 300 g/mol. The molecule has 0 aromatic heterocycles. The van der Waals surface area contributed by atoms with Crippen molar-refractivity contribution in [2.24, 2.45) is 34.5 Å². The van der Waals surface area contributed by atoms with Crippen LogP contribution in [0.5, 0.6) is 0 Å². The first-order valence-electron chi connectivity index (χ1n) is 9.39. The second-order valence-corrected chi connectivity index (χ2v) is 9.07. The van der Waals surface area contributed by atoms with Crippen molar-refractivity contribution in [2.45, 2.75) is 59.0 Å². The third-order valence-electron chi connectivity index (χ3n) is 7.94. The van der Waals surface area contributed by atoms with Crippen molar-refractivity contribution in [1.82, 2.24) is 0 Å². The second-order valence-electron chi connectivity index (χ2n) is 9.07. The molecule has 0 aromatic rings. The maximum Gasteiger partial charge on any atom is 0.156 e. The Bertz CT molecular complexity index is 660. The molecule has 3 heteroatoms. The lowest BCUT2D eigenvalue weighted by atomic mass is 9.47. The Morgan fingerprint density at radius 1 is 1.29 bits per heavy atom. The van der Waals surface area contributed by atoms with E-state index in [1.165, 1.54) is 0 Å². The lowest BCUT2D eigenvalue weighted by Gasteiger charge is -2.57. The van der Waals surface area contributed by atoms with Gasteiger partial charge in [-0.3, -0.25) is 9.59 Å². The molecule has 0 saturated heterocycles. The number of hydrogen-bond acceptors (Lipinski definition) is 3. The van der Waals surface area contributed by atoms with Crippen LogP contribution in [-0.4, -0.2) is 22.8 Å². The lowest BCUT2D eigenvalue weighted by molar-refractivity contribution is -0.134. The maximum absolute atomic E-state index is 12.2. The highest BCUT2D eigenvalue weighted by molar-refractivity contribution is 5.92. The van der Waals surface area contributed by atoms with Gasteiger partial charge in [0.2, 0.25) is 0 Å². The van der Waals surface area contributed by atoms with Gasteiger partial charge in [-0.15, -0.1) is 0 Å². The van der Waals surface area contributed by atoms with Gasteiger partial charge in [0.05, 0.1) is 6.10 Å². The smallest absolute Gasteiger partial charge is 0.156 e. The molecule has 0 heterocycles. The summed E-state index contributed by atoms with van der Waals surface area (Å²) in [4.78, 5) is 24.0. The van der Waals surface area contributed by atoms with E-state index >= 15 is 0 Å². The predicted molar refractivity (Wildman–Crippen MR) is 92.2 cm³/mol. The summed E-state index contributed by atoms with van der Waals surface area (Å²) in [5.41, 5.74) is 0.907. The summed E-state index contributed by atoms with van der Waals surface area (Å²) >= 11 is 0. The van der Waals surface area contributed by atoms with Crippen molar-refractivity contribution in [3.63, 3.8) is 0 Å². The number of carbonyl (C=O) groups is 2. The summed E-state index contributed by atoms with van der Waals surface area (Å²) in [5.74, 6) is 1.53. The lowest BCUT2D eigenvalue weighted by Crippen LogP contribution is -2.55. The highest BCUT2D eigenvalue weighted by atomic mass is 16.3. The monoisotopic (exact) mass is 328 g/mol. The minimum atomic E-state index is -0.400. The Morgan fingerprint density at radius 2 is 2.04 bits per heavy atom. The first-order chi connectivity index (χ1) is 11.3. The predicted octanol–water partition coefficient (Wildman–Crippen LogP) is 3.47. The molecule has 0 spiro atoms. The molecule has 4 aliphatic rings. The summed E-state index contributed by atoms with van der Waals surface area (Å²) in [6.45, 7) is 6.17. The average molecular weight is 328 g/mol. The van der Waals surface area contributed by atoms with Crippen LogP contribution in [-0.2, 0) is 9.59 Å². The van der Waals surface area contributed by atoms with Crippen LogP contribution in [0.2, 0.25) is 0 Å². The zero-order chi connectivity index (χ0) is 17.3. The van der Waals surface area contributed by atoms with Gasteiger partial charge >= 0.3 is 0 Å². The zero-order valence-electron chi connectivity index (χ0n) is 14.9. The van der Waals surface area contributed by atoms with Crippen molar-refractivity contribution in [1.29, 1.82) is 0 Å². The van der Waals surface area contributed by atoms with Gasteiger partial charge in [-0.2, -0.15) is 0 Å². The highest BCUT2D eigenvalue weighted by Gasteiger charge is 2.61. The number of fused-ring (bicyclic) bond motifs is 5. The highest BCUT2D eigenvalue weighted by Crippen LogP contribution is 2.65. The second kappa shape index (κ2) is 5.14. The van der Waals surface area contributed by atoms with Gasteiger partial charge in [0.25, 0.3) is 0 Å². The molecule has 2 fully saturated rings. The number of Topliss-reactive ketones (excluding diaryl/α,β-unsaturated/α-hetero) is 1. The van der Waals surface area contributed by atoms with Crippen LogP contribution in [0.1, 0.15) is 52.9 Å². The van der Waals surface area contributed by atoms with E-state index in [1.807, 2.05) is 0 Å². The van der Waals surface area contributed by atoms with Crippen molar-refractivity contribution in [3.8, 4) is 0 Å². The van der Waals surface area contributed by atoms with E-state index in [9.17, 15) is 14.7 Å². The minimum absolute atomic E-state index is 0.0845. The number of ketones is 2. The van der Waals surface area contributed by atoms with Crippen LogP contribution in [0, 0.1) is 34.5 Å². The van der Waals surface area contributed by atoms with Gasteiger partial charge in [-0.05, 0) is 66.9 Å². The molecule has 1 N–H and O–H groups in total. The van der Waals surface area contributed by atoms with Gasteiger partial charge in [-0.25, -0.2) is 0 Å². The summed E-state index contributed by atoms with van der Waals surface area (Å²) in [5, 5.41) is 11.1. The SMILES string of the molecule is CC(=O)[C@H]1CC[C@H]2[C@@H]3C=CC4=CC(=O)CC[C@]4(C)[C@H]3C(O)C[C@]12C. The van der Waals surface area contributed by atoms with Crippen LogP contribution < -0.4 is 0 Å². The van der Waals surface area contributed by atoms with Crippen LogP contribution in [0.15, 0.2) is 23.8 Å².